The maximum atomic E-state index is 12.4. The van der Waals surface area contributed by atoms with Crippen molar-refractivity contribution in [1.82, 2.24) is 9.62 Å². The van der Waals surface area contributed by atoms with Crippen molar-refractivity contribution in [1.29, 1.82) is 0 Å². The van der Waals surface area contributed by atoms with Crippen LogP contribution in [-0.4, -0.2) is 37.1 Å². The van der Waals surface area contributed by atoms with Gasteiger partial charge in [0.15, 0.2) is 0 Å². The second-order valence-electron chi connectivity index (χ2n) is 5.42. The van der Waals surface area contributed by atoms with Gasteiger partial charge >= 0.3 is 0 Å². The van der Waals surface area contributed by atoms with Crippen LogP contribution in [0.1, 0.15) is 5.56 Å². The molecule has 0 saturated carbocycles. The first-order valence-corrected chi connectivity index (χ1v) is 9.24. The number of nitrogens with one attached hydrogen (secondary N) is 1. The minimum atomic E-state index is -3.81. The van der Waals surface area contributed by atoms with Crippen molar-refractivity contribution in [3.8, 4) is 0 Å². The van der Waals surface area contributed by atoms with E-state index in [0.29, 0.717) is 10.6 Å². The first kappa shape index (κ1) is 19.8. The standard InChI is InChI=1S/C16H16ClN3O5S/c1-19(26(24,25)15-8-4-13(17)5-9-15)11-16(21)18-10-12-2-6-14(7-3-12)20(22)23/h2-9H,10-11H2,1H3,(H,18,21). The summed E-state index contributed by atoms with van der Waals surface area (Å²) in [5.41, 5.74) is 0.612. The summed E-state index contributed by atoms with van der Waals surface area (Å²) in [5.74, 6) is -0.497. The number of non-ortho nitro benzene ring substituents is 1. The number of nitro benzene ring substituents is 1. The van der Waals surface area contributed by atoms with Crippen LogP contribution in [0.15, 0.2) is 53.4 Å². The normalized spacial score (nSPS) is 11.3. The SMILES string of the molecule is CN(CC(=O)NCc1ccc([N+](=O)[O-])cc1)S(=O)(=O)c1ccc(Cl)cc1. The number of likely N-dealkylation sites (N-methyl/N-ethyl adjacent to an activating group) is 1. The summed E-state index contributed by atoms with van der Waals surface area (Å²) < 4.78 is 25.7. The van der Waals surface area contributed by atoms with Crippen LogP contribution in [0.4, 0.5) is 5.69 Å². The largest absolute Gasteiger partial charge is 0.351 e. The molecule has 0 atom stereocenters. The van der Waals surface area contributed by atoms with Gasteiger partial charge in [-0.05, 0) is 29.8 Å². The maximum Gasteiger partial charge on any atom is 0.269 e. The van der Waals surface area contributed by atoms with Gasteiger partial charge in [0.25, 0.3) is 5.69 Å². The van der Waals surface area contributed by atoms with Crippen LogP contribution >= 0.6 is 11.6 Å². The molecule has 0 fully saturated rings. The average Bonchev–Trinajstić information content (AvgIpc) is 2.60. The predicted molar refractivity (Wildman–Crippen MR) is 96.2 cm³/mol. The van der Waals surface area contributed by atoms with E-state index in [2.05, 4.69) is 5.32 Å². The molecule has 0 aliphatic heterocycles. The van der Waals surface area contributed by atoms with Gasteiger partial charge in [0.2, 0.25) is 15.9 Å². The Morgan fingerprint density at radius 2 is 1.73 bits per heavy atom. The van der Waals surface area contributed by atoms with Gasteiger partial charge in [-0.25, -0.2) is 8.42 Å². The van der Waals surface area contributed by atoms with Gasteiger partial charge in [-0.3, -0.25) is 14.9 Å². The summed E-state index contributed by atoms with van der Waals surface area (Å²) in [6.07, 6.45) is 0. The molecule has 1 N–H and O–H groups in total. The quantitative estimate of drug-likeness (QED) is 0.568. The molecular formula is C16H16ClN3O5S. The summed E-state index contributed by atoms with van der Waals surface area (Å²) in [6, 6.07) is 11.3. The van der Waals surface area contributed by atoms with Crippen molar-refractivity contribution in [2.45, 2.75) is 11.4 Å². The van der Waals surface area contributed by atoms with Crippen LogP contribution in [0.25, 0.3) is 0 Å². The van der Waals surface area contributed by atoms with Crippen molar-refractivity contribution >= 4 is 33.2 Å². The molecule has 138 valence electrons. The second kappa shape index (κ2) is 8.26. The first-order chi connectivity index (χ1) is 12.2. The highest BCUT2D eigenvalue weighted by atomic mass is 35.5. The van der Waals surface area contributed by atoms with Crippen LogP contribution < -0.4 is 5.32 Å². The molecule has 0 radical (unpaired) electrons. The third kappa shape index (κ3) is 5.01. The summed E-state index contributed by atoms with van der Waals surface area (Å²) >= 11 is 5.74. The molecule has 2 rings (SSSR count). The number of carbonyl (C=O) groups is 1. The van der Waals surface area contributed by atoms with E-state index in [-0.39, 0.29) is 23.7 Å². The number of rotatable bonds is 7. The van der Waals surface area contributed by atoms with Crippen LogP contribution in [-0.2, 0) is 21.4 Å². The Morgan fingerprint density at radius 1 is 1.15 bits per heavy atom. The van der Waals surface area contributed by atoms with Crippen LogP contribution in [0.3, 0.4) is 0 Å². The van der Waals surface area contributed by atoms with E-state index in [1.54, 1.807) is 0 Å². The molecule has 0 heterocycles. The minimum absolute atomic E-state index is 0.0348. The summed E-state index contributed by atoms with van der Waals surface area (Å²) in [5, 5.41) is 13.6. The monoisotopic (exact) mass is 397 g/mol. The molecule has 0 aliphatic carbocycles. The molecule has 0 aliphatic rings. The number of sulfonamides is 1. The van der Waals surface area contributed by atoms with E-state index in [9.17, 15) is 23.3 Å². The van der Waals surface area contributed by atoms with Crippen molar-refractivity contribution < 1.29 is 18.1 Å². The Bertz CT molecular complexity index is 898. The fraction of sp³-hybridized carbons (Fsp3) is 0.188. The number of benzene rings is 2. The maximum absolute atomic E-state index is 12.4. The number of hydrogen-bond donors (Lipinski definition) is 1. The number of carbonyl (C=O) groups excluding carboxylic acids is 1. The molecule has 8 nitrogen and oxygen atoms in total. The third-order valence-corrected chi connectivity index (χ3v) is 5.59. The zero-order valence-corrected chi connectivity index (χ0v) is 15.3. The van der Waals surface area contributed by atoms with E-state index in [4.69, 9.17) is 11.6 Å². The second-order valence-corrected chi connectivity index (χ2v) is 7.90. The lowest BCUT2D eigenvalue weighted by molar-refractivity contribution is -0.384. The van der Waals surface area contributed by atoms with Gasteiger partial charge in [0, 0.05) is 30.7 Å². The molecule has 0 bridgehead atoms. The van der Waals surface area contributed by atoms with Gasteiger partial charge in [-0.15, -0.1) is 0 Å². The van der Waals surface area contributed by atoms with E-state index in [0.717, 1.165) is 4.31 Å². The molecule has 26 heavy (non-hydrogen) atoms. The molecular weight excluding hydrogens is 382 g/mol. The minimum Gasteiger partial charge on any atom is -0.351 e. The van der Waals surface area contributed by atoms with Crippen molar-refractivity contribution in [2.75, 3.05) is 13.6 Å². The molecule has 0 spiro atoms. The lowest BCUT2D eigenvalue weighted by atomic mass is 10.2. The Labute approximate surface area is 155 Å². The van der Waals surface area contributed by atoms with Crippen LogP contribution in [0.2, 0.25) is 5.02 Å². The van der Waals surface area contributed by atoms with E-state index in [1.165, 1.54) is 55.6 Å². The van der Waals surface area contributed by atoms with Crippen molar-refractivity contribution in [2.24, 2.45) is 0 Å². The van der Waals surface area contributed by atoms with Crippen molar-refractivity contribution in [3.63, 3.8) is 0 Å². The Kier molecular flexibility index (Phi) is 6.30. The zero-order chi connectivity index (χ0) is 19.3. The van der Waals surface area contributed by atoms with E-state index in [1.807, 2.05) is 0 Å². The molecule has 10 heteroatoms. The van der Waals surface area contributed by atoms with Gasteiger partial charge in [0.1, 0.15) is 0 Å². The Morgan fingerprint density at radius 3 is 2.27 bits per heavy atom. The molecule has 0 aromatic heterocycles. The fourth-order valence-electron chi connectivity index (χ4n) is 2.07. The van der Waals surface area contributed by atoms with E-state index < -0.39 is 20.9 Å². The lowest BCUT2D eigenvalue weighted by Crippen LogP contribution is -2.38. The molecule has 2 aromatic carbocycles. The first-order valence-electron chi connectivity index (χ1n) is 7.42. The molecule has 0 unspecified atom stereocenters. The van der Waals surface area contributed by atoms with Gasteiger partial charge < -0.3 is 5.32 Å². The number of nitro groups is 1. The average molecular weight is 398 g/mol. The number of nitrogens with zero attached hydrogens (tertiary/aromatic N) is 2. The van der Waals surface area contributed by atoms with Crippen LogP contribution in [0, 0.1) is 10.1 Å². The van der Waals surface area contributed by atoms with Crippen LogP contribution in [0.5, 0.6) is 0 Å². The summed E-state index contributed by atoms with van der Waals surface area (Å²) in [7, 11) is -2.51. The predicted octanol–water partition coefficient (Wildman–Crippen LogP) is 2.19. The smallest absolute Gasteiger partial charge is 0.269 e. The lowest BCUT2D eigenvalue weighted by Gasteiger charge is -2.17. The zero-order valence-electron chi connectivity index (χ0n) is 13.8. The Hall–Kier alpha value is -2.49. The third-order valence-electron chi connectivity index (χ3n) is 3.52. The molecule has 2 aromatic rings. The Balaban J connectivity index is 1.94. The van der Waals surface area contributed by atoms with Crippen molar-refractivity contribution in [3.05, 3.63) is 69.2 Å². The summed E-state index contributed by atoms with van der Waals surface area (Å²) in [6.45, 7) is -0.233. The van der Waals surface area contributed by atoms with E-state index >= 15 is 0 Å². The highest BCUT2D eigenvalue weighted by Crippen LogP contribution is 2.17. The number of hydrogen-bond acceptors (Lipinski definition) is 5. The van der Waals surface area contributed by atoms with Gasteiger partial charge in [-0.1, -0.05) is 23.7 Å². The number of amides is 1. The van der Waals surface area contributed by atoms with Gasteiger partial charge in [-0.2, -0.15) is 4.31 Å². The summed E-state index contributed by atoms with van der Waals surface area (Å²) in [4.78, 5) is 22.1. The number of halogens is 1. The van der Waals surface area contributed by atoms with Gasteiger partial charge in [0.05, 0.1) is 16.4 Å². The topological polar surface area (TPSA) is 110 Å². The molecule has 0 saturated heterocycles. The molecule has 1 amide bonds. The highest BCUT2D eigenvalue weighted by molar-refractivity contribution is 7.89. The fourth-order valence-corrected chi connectivity index (χ4v) is 3.32. The highest BCUT2D eigenvalue weighted by Gasteiger charge is 2.22.